The zero-order chi connectivity index (χ0) is 15.7. The lowest BCUT2D eigenvalue weighted by molar-refractivity contribution is -0.0159. The fourth-order valence-electron chi connectivity index (χ4n) is 3.09. The van der Waals surface area contributed by atoms with Gasteiger partial charge in [0.05, 0.1) is 17.7 Å². The summed E-state index contributed by atoms with van der Waals surface area (Å²) >= 11 is 0. The molecule has 0 saturated carbocycles. The first-order valence-corrected chi connectivity index (χ1v) is 7.17. The predicted molar refractivity (Wildman–Crippen MR) is 76.6 cm³/mol. The van der Waals surface area contributed by atoms with Gasteiger partial charge in [-0.25, -0.2) is 4.79 Å². The number of fused-ring (bicyclic) bond motifs is 1. The van der Waals surface area contributed by atoms with Gasteiger partial charge < -0.3 is 19.8 Å². The lowest BCUT2D eigenvalue weighted by Crippen LogP contribution is -2.52. The van der Waals surface area contributed by atoms with Crippen LogP contribution in [0.2, 0.25) is 0 Å². The smallest absolute Gasteiger partial charge is 0.407 e. The number of aliphatic hydroxyl groups excluding tert-OH is 1. The average Bonchev–Trinajstić information content (AvgIpc) is 2.54. The zero-order valence-corrected chi connectivity index (χ0v) is 12.0. The van der Waals surface area contributed by atoms with Crippen LogP contribution in [0.3, 0.4) is 0 Å². The maximum atomic E-state index is 11.0. The topological polar surface area (TPSA) is 97.0 Å². The van der Waals surface area contributed by atoms with Crippen LogP contribution in [-0.4, -0.2) is 65.0 Å². The van der Waals surface area contributed by atoms with Crippen molar-refractivity contribution in [3.63, 3.8) is 0 Å². The van der Waals surface area contributed by atoms with Crippen molar-refractivity contribution < 1.29 is 19.7 Å². The fraction of sp³-hybridized carbons (Fsp3) is 0.467. The molecule has 0 aromatic heterocycles. The minimum Gasteiger partial charge on any atom is -0.490 e. The van der Waals surface area contributed by atoms with Gasteiger partial charge in [-0.2, -0.15) is 5.26 Å². The molecular weight excluding hydrogens is 286 g/mol. The second kappa shape index (κ2) is 5.83. The fourth-order valence-corrected chi connectivity index (χ4v) is 3.09. The van der Waals surface area contributed by atoms with Crippen LogP contribution >= 0.6 is 0 Å². The standard InChI is InChI=1S/C15H17N3O4/c16-8-10-1-2-13-11(7-10)14(12(19)9-22-13)17-3-5-18(6-4-17)15(20)21/h1-2,7,12,14,19H,3-6,9H2,(H,20,21)/t12-,14-/m0/s1. The quantitative estimate of drug-likeness (QED) is 0.790. The minimum atomic E-state index is -0.917. The zero-order valence-electron chi connectivity index (χ0n) is 12.0. The molecule has 7 heteroatoms. The Morgan fingerprint density at radius 1 is 1.32 bits per heavy atom. The molecule has 0 spiro atoms. The number of hydrogen-bond acceptors (Lipinski definition) is 5. The van der Waals surface area contributed by atoms with Crippen LogP contribution in [-0.2, 0) is 0 Å². The Labute approximate surface area is 127 Å². The molecule has 0 unspecified atom stereocenters. The number of carboxylic acid groups (broad SMARTS) is 1. The van der Waals surface area contributed by atoms with Gasteiger partial charge in [0.25, 0.3) is 0 Å². The summed E-state index contributed by atoms with van der Waals surface area (Å²) in [7, 11) is 0. The van der Waals surface area contributed by atoms with Crippen molar-refractivity contribution in [1.29, 1.82) is 5.26 Å². The highest BCUT2D eigenvalue weighted by Gasteiger charge is 2.36. The summed E-state index contributed by atoms with van der Waals surface area (Å²) in [5, 5.41) is 28.4. The largest absolute Gasteiger partial charge is 0.490 e. The molecule has 7 nitrogen and oxygen atoms in total. The highest BCUT2D eigenvalue weighted by Crippen LogP contribution is 2.37. The third kappa shape index (κ3) is 2.58. The summed E-state index contributed by atoms with van der Waals surface area (Å²) in [6.07, 6.45) is -1.61. The van der Waals surface area contributed by atoms with E-state index in [4.69, 9.17) is 15.1 Å². The third-order valence-corrected chi connectivity index (χ3v) is 4.21. The van der Waals surface area contributed by atoms with E-state index in [1.807, 2.05) is 0 Å². The number of hydrogen-bond donors (Lipinski definition) is 2. The van der Waals surface area contributed by atoms with Crippen LogP contribution in [0.4, 0.5) is 4.79 Å². The summed E-state index contributed by atoms with van der Waals surface area (Å²) in [6, 6.07) is 7.01. The third-order valence-electron chi connectivity index (χ3n) is 4.21. The molecule has 116 valence electrons. The molecule has 0 aliphatic carbocycles. The molecule has 1 aromatic rings. The van der Waals surface area contributed by atoms with E-state index in [-0.39, 0.29) is 12.6 Å². The maximum absolute atomic E-state index is 11.0. The molecule has 1 aromatic carbocycles. The normalized spacial score (nSPS) is 25.0. The van der Waals surface area contributed by atoms with E-state index in [2.05, 4.69) is 11.0 Å². The van der Waals surface area contributed by atoms with E-state index in [0.717, 1.165) is 5.56 Å². The average molecular weight is 303 g/mol. The SMILES string of the molecule is N#Cc1ccc2c(c1)[C@H](N1CCN(C(=O)O)CC1)[C@@H](O)CO2. The minimum absolute atomic E-state index is 0.197. The van der Waals surface area contributed by atoms with Crippen molar-refractivity contribution in [3.8, 4) is 11.8 Å². The first-order valence-electron chi connectivity index (χ1n) is 7.17. The Kier molecular flexibility index (Phi) is 3.88. The highest BCUT2D eigenvalue weighted by molar-refractivity contribution is 5.65. The lowest BCUT2D eigenvalue weighted by Gasteiger charge is -2.42. The van der Waals surface area contributed by atoms with Gasteiger partial charge in [-0.15, -0.1) is 0 Å². The van der Waals surface area contributed by atoms with Gasteiger partial charge >= 0.3 is 6.09 Å². The van der Waals surface area contributed by atoms with Crippen molar-refractivity contribution in [2.75, 3.05) is 32.8 Å². The number of nitrogens with zero attached hydrogens (tertiary/aromatic N) is 3. The number of carbonyl (C=O) groups is 1. The summed E-state index contributed by atoms with van der Waals surface area (Å²) < 4.78 is 5.53. The van der Waals surface area contributed by atoms with Crippen LogP contribution in [0, 0.1) is 11.3 Å². The molecule has 1 fully saturated rings. The van der Waals surface area contributed by atoms with Crippen molar-refractivity contribution in [1.82, 2.24) is 9.80 Å². The molecule has 22 heavy (non-hydrogen) atoms. The number of ether oxygens (including phenoxy) is 1. The van der Waals surface area contributed by atoms with Crippen molar-refractivity contribution >= 4 is 6.09 Å². The predicted octanol–water partition coefficient (Wildman–Crippen LogP) is 0.648. The summed E-state index contributed by atoms with van der Waals surface area (Å²) in [5.41, 5.74) is 1.31. The van der Waals surface area contributed by atoms with Crippen LogP contribution < -0.4 is 4.74 Å². The van der Waals surface area contributed by atoms with E-state index in [0.29, 0.717) is 37.5 Å². The molecular formula is C15H17N3O4. The summed E-state index contributed by atoms with van der Waals surface area (Å²) in [5.74, 6) is 0.676. The molecule has 2 aliphatic rings. The Morgan fingerprint density at radius 2 is 2.05 bits per heavy atom. The molecule has 2 N–H and O–H groups in total. The molecule has 1 saturated heterocycles. The van der Waals surface area contributed by atoms with E-state index in [1.165, 1.54) is 4.90 Å². The van der Waals surface area contributed by atoms with Crippen LogP contribution in [0.15, 0.2) is 18.2 Å². The second-order valence-electron chi connectivity index (χ2n) is 5.49. The number of piperazine rings is 1. The number of nitriles is 1. The van der Waals surface area contributed by atoms with Crippen LogP contribution in [0.1, 0.15) is 17.2 Å². The molecule has 0 radical (unpaired) electrons. The van der Waals surface area contributed by atoms with Gasteiger partial charge in [-0.1, -0.05) is 0 Å². The van der Waals surface area contributed by atoms with Crippen LogP contribution in [0.25, 0.3) is 0 Å². The van der Waals surface area contributed by atoms with Gasteiger partial charge in [0, 0.05) is 31.7 Å². The van der Waals surface area contributed by atoms with E-state index in [1.54, 1.807) is 18.2 Å². The lowest BCUT2D eigenvalue weighted by atomic mass is 9.94. The van der Waals surface area contributed by atoms with Gasteiger partial charge in [-0.3, -0.25) is 4.90 Å². The van der Waals surface area contributed by atoms with E-state index in [9.17, 15) is 9.90 Å². The monoisotopic (exact) mass is 303 g/mol. The molecule has 1 amide bonds. The van der Waals surface area contributed by atoms with Gasteiger partial charge in [0.15, 0.2) is 0 Å². The van der Waals surface area contributed by atoms with Crippen molar-refractivity contribution in [2.45, 2.75) is 12.1 Å². The summed E-state index contributed by atoms with van der Waals surface area (Å²) in [6.45, 7) is 2.11. The molecule has 2 aliphatic heterocycles. The number of rotatable bonds is 1. The van der Waals surface area contributed by atoms with Crippen molar-refractivity contribution in [3.05, 3.63) is 29.3 Å². The molecule has 2 atom stereocenters. The highest BCUT2D eigenvalue weighted by atomic mass is 16.5. The number of benzene rings is 1. The second-order valence-corrected chi connectivity index (χ2v) is 5.49. The maximum Gasteiger partial charge on any atom is 0.407 e. The Bertz CT molecular complexity index is 620. The Hall–Kier alpha value is -2.30. The number of amides is 1. The number of aliphatic hydroxyl groups is 1. The first kappa shape index (κ1) is 14.6. The van der Waals surface area contributed by atoms with Gasteiger partial charge in [-0.05, 0) is 18.2 Å². The van der Waals surface area contributed by atoms with E-state index < -0.39 is 12.2 Å². The molecule has 0 bridgehead atoms. The van der Waals surface area contributed by atoms with Crippen molar-refractivity contribution in [2.24, 2.45) is 0 Å². The van der Waals surface area contributed by atoms with Gasteiger partial charge in [0.2, 0.25) is 0 Å². The Morgan fingerprint density at radius 3 is 2.68 bits per heavy atom. The van der Waals surface area contributed by atoms with Gasteiger partial charge in [0.1, 0.15) is 18.5 Å². The summed E-state index contributed by atoms with van der Waals surface area (Å²) in [4.78, 5) is 14.4. The van der Waals surface area contributed by atoms with Crippen LogP contribution in [0.5, 0.6) is 5.75 Å². The first-order chi connectivity index (χ1) is 10.6. The molecule has 3 rings (SSSR count). The molecule has 2 heterocycles. The Balaban J connectivity index is 1.85. The van der Waals surface area contributed by atoms with E-state index >= 15 is 0 Å².